The summed E-state index contributed by atoms with van der Waals surface area (Å²) in [6.45, 7) is 2.46. The summed E-state index contributed by atoms with van der Waals surface area (Å²) in [5.41, 5.74) is 8.65. The van der Waals surface area contributed by atoms with Crippen LogP contribution >= 0.6 is 11.3 Å². The highest BCUT2D eigenvalue weighted by Gasteiger charge is 2.33. The third-order valence-electron chi connectivity index (χ3n) is 6.63. The molecular weight excluding hydrogens is 429 g/mol. The normalized spacial score (nSPS) is 24.3. The van der Waals surface area contributed by atoms with Gasteiger partial charge in [-0.3, -0.25) is 4.79 Å². The number of ether oxygens (including phenoxy) is 1. The van der Waals surface area contributed by atoms with E-state index in [1.165, 1.54) is 35.9 Å². The van der Waals surface area contributed by atoms with Gasteiger partial charge in [0.2, 0.25) is 0 Å². The third-order valence-corrected chi connectivity index (χ3v) is 7.76. The molecule has 3 aliphatic heterocycles. The van der Waals surface area contributed by atoms with Gasteiger partial charge in [0.05, 0.1) is 17.9 Å². The number of nitrogen functional groups attached to an aromatic ring is 1. The number of rotatable bonds is 3. The molecule has 5 heterocycles. The molecule has 3 aromatic rings. The first-order valence-electron chi connectivity index (χ1n) is 10.9. The number of hydrogen-bond donors (Lipinski definition) is 3. The van der Waals surface area contributed by atoms with Crippen molar-refractivity contribution < 1.29 is 13.9 Å². The second-order valence-corrected chi connectivity index (χ2v) is 9.87. The third kappa shape index (κ3) is 3.45. The topological polar surface area (TPSA) is 92.5 Å². The van der Waals surface area contributed by atoms with Crippen LogP contribution in [0.25, 0.3) is 10.2 Å². The molecule has 4 N–H and O–H groups in total. The van der Waals surface area contributed by atoms with E-state index in [0.29, 0.717) is 40.2 Å². The number of anilines is 2. The average molecular weight is 454 g/mol. The molecule has 3 aliphatic rings. The molecule has 0 spiro atoms. The maximum atomic E-state index is 13.5. The van der Waals surface area contributed by atoms with E-state index in [-0.39, 0.29) is 17.6 Å². The summed E-state index contributed by atoms with van der Waals surface area (Å²) in [5.74, 6) is 0.134. The number of thiophene rings is 1. The first-order valence-corrected chi connectivity index (χ1v) is 11.8. The molecular formula is C23H24FN5O2S. The second-order valence-electron chi connectivity index (χ2n) is 8.87. The van der Waals surface area contributed by atoms with Crippen LogP contribution in [-0.2, 0) is 6.42 Å². The maximum Gasteiger partial charge on any atom is 0.263 e. The number of benzene rings is 1. The molecule has 0 saturated carbocycles. The van der Waals surface area contributed by atoms with Crippen molar-refractivity contribution in [3.8, 4) is 5.75 Å². The Kier molecular flexibility index (Phi) is 4.69. The SMILES string of the molecule is Nc1c(C(=O)N[C@H]2COc3cc(N4CC5CCC(C4)N5)ccc3C2)sc2ncc(F)cc12. The summed E-state index contributed by atoms with van der Waals surface area (Å²) in [7, 11) is 0. The summed E-state index contributed by atoms with van der Waals surface area (Å²) in [6.07, 6.45) is 4.32. The van der Waals surface area contributed by atoms with E-state index in [9.17, 15) is 9.18 Å². The van der Waals surface area contributed by atoms with Gasteiger partial charge in [-0.05, 0) is 37.0 Å². The summed E-state index contributed by atoms with van der Waals surface area (Å²) in [4.78, 5) is 20.2. The number of carbonyl (C=O) groups excluding carboxylic acids is 1. The molecule has 0 radical (unpaired) electrons. The number of nitrogens with zero attached hydrogens (tertiary/aromatic N) is 2. The Balaban J connectivity index is 1.16. The largest absolute Gasteiger partial charge is 0.491 e. The van der Waals surface area contributed by atoms with E-state index < -0.39 is 5.82 Å². The number of piperazine rings is 1. The molecule has 1 aromatic carbocycles. The fourth-order valence-corrected chi connectivity index (χ4v) is 6.00. The van der Waals surface area contributed by atoms with Gasteiger partial charge in [-0.15, -0.1) is 11.3 Å². The van der Waals surface area contributed by atoms with E-state index in [1.54, 1.807) is 0 Å². The summed E-state index contributed by atoms with van der Waals surface area (Å²) in [5, 5.41) is 7.15. The van der Waals surface area contributed by atoms with Gasteiger partial charge >= 0.3 is 0 Å². The molecule has 7 nitrogen and oxygen atoms in total. The van der Waals surface area contributed by atoms with Crippen LogP contribution < -0.4 is 26.0 Å². The number of carbonyl (C=O) groups is 1. The zero-order valence-electron chi connectivity index (χ0n) is 17.4. The van der Waals surface area contributed by atoms with Crippen LogP contribution in [0.4, 0.5) is 15.8 Å². The molecule has 32 heavy (non-hydrogen) atoms. The quantitative estimate of drug-likeness (QED) is 0.565. The fraction of sp³-hybridized carbons (Fsp3) is 0.391. The van der Waals surface area contributed by atoms with E-state index in [2.05, 4.69) is 38.7 Å². The van der Waals surface area contributed by atoms with Crippen LogP contribution in [-0.4, -0.2) is 48.7 Å². The molecule has 3 atom stereocenters. The first kappa shape index (κ1) is 19.8. The highest BCUT2D eigenvalue weighted by atomic mass is 32.1. The Hall–Kier alpha value is -2.91. The summed E-state index contributed by atoms with van der Waals surface area (Å²) >= 11 is 1.17. The summed E-state index contributed by atoms with van der Waals surface area (Å²) < 4.78 is 19.5. The van der Waals surface area contributed by atoms with E-state index in [1.807, 2.05) is 0 Å². The predicted molar refractivity (Wildman–Crippen MR) is 123 cm³/mol. The maximum absolute atomic E-state index is 13.5. The van der Waals surface area contributed by atoms with Crippen molar-refractivity contribution in [1.82, 2.24) is 15.6 Å². The van der Waals surface area contributed by atoms with Gasteiger partial charge in [0.25, 0.3) is 5.91 Å². The van der Waals surface area contributed by atoms with Gasteiger partial charge in [-0.1, -0.05) is 6.07 Å². The van der Waals surface area contributed by atoms with Gasteiger partial charge < -0.3 is 26.0 Å². The van der Waals surface area contributed by atoms with Crippen molar-refractivity contribution in [1.29, 1.82) is 0 Å². The number of fused-ring (bicyclic) bond motifs is 4. The first-order chi connectivity index (χ1) is 15.5. The minimum Gasteiger partial charge on any atom is -0.491 e. The lowest BCUT2D eigenvalue weighted by Gasteiger charge is -2.35. The Morgan fingerprint density at radius 3 is 2.91 bits per heavy atom. The zero-order valence-corrected chi connectivity index (χ0v) is 18.3. The number of hydrogen-bond acceptors (Lipinski definition) is 7. The van der Waals surface area contributed by atoms with Gasteiger partial charge in [-0.2, -0.15) is 0 Å². The lowest BCUT2D eigenvalue weighted by atomic mass is 10.0. The van der Waals surface area contributed by atoms with Crippen LogP contribution in [0.15, 0.2) is 30.5 Å². The molecule has 6 rings (SSSR count). The van der Waals surface area contributed by atoms with Crippen LogP contribution in [0.3, 0.4) is 0 Å². The molecule has 9 heteroatoms. The van der Waals surface area contributed by atoms with Gasteiger partial charge in [0, 0.05) is 42.3 Å². The van der Waals surface area contributed by atoms with Crippen LogP contribution in [0.5, 0.6) is 5.75 Å². The Labute approximate surface area is 188 Å². The van der Waals surface area contributed by atoms with Crippen LogP contribution in [0.2, 0.25) is 0 Å². The molecule has 2 aromatic heterocycles. The van der Waals surface area contributed by atoms with Gasteiger partial charge in [-0.25, -0.2) is 9.37 Å². The molecule has 0 aliphatic carbocycles. The van der Waals surface area contributed by atoms with Crippen LogP contribution in [0.1, 0.15) is 28.1 Å². The Bertz CT molecular complexity index is 1200. The summed E-state index contributed by atoms with van der Waals surface area (Å²) in [6, 6.07) is 8.70. The monoisotopic (exact) mass is 453 g/mol. The van der Waals surface area contributed by atoms with E-state index >= 15 is 0 Å². The van der Waals surface area contributed by atoms with Crippen molar-refractivity contribution in [3.05, 3.63) is 46.7 Å². The van der Waals surface area contributed by atoms with E-state index in [4.69, 9.17) is 10.5 Å². The number of aromatic nitrogens is 1. The Morgan fingerprint density at radius 1 is 1.28 bits per heavy atom. The molecule has 166 valence electrons. The van der Waals surface area contributed by atoms with Gasteiger partial charge in [0.15, 0.2) is 0 Å². The minimum absolute atomic E-state index is 0.162. The zero-order chi connectivity index (χ0) is 21.8. The Morgan fingerprint density at radius 2 is 2.09 bits per heavy atom. The number of nitrogens with one attached hydrogen (secondary N) is 2. The second kappa shape index (κ2) is 7.60. The predicted octanol–water partition coefficient (Wildman–Crippen LogP) is 2.69. The molecule has 1 amide bonds. The van der Waals surface area contributed by atoms with Crippen molar-refractivity contribution >= 4 is 38.8 Å². The fourth-order valence-electron chi connectivity index (χ4n) is 5.05. The van der Waals surface area contributed by atoms with Crippen molar-refractivity contribution in [2.45, 2.75) is 37.4 Å². The number of pyridine rings is 1. The van der Waals surface area contributed by atoms with Crippen molar-refractivity contribution in [2.24, 2.45) is 0 Å². The minimum atomic E-state index is -0.473. The van der Waals surface area contributed by atoms with Crippen molar-refractivity contribution in [3.63, 3.8) is 0 Å². The van der Waals surface area contributed by atoms with Gasteiger partial charge in [0.1, 0.15) is 27.9 Å². The van der Waals surface area contributed by atoms with Crippen LogP contribution in [0, 0.1) is 5.82 Å². The average Bonchev–Trinajstić information content (AvgIpc) is 3.31. The standard InChI is InChI=1S/C23H24FN5O2S/c24-13-6-18-20(25)21(32-23(18)26-8-13)22(30)28-16-5-12-1-4-17(7-19(12)31-11-16)29-9-14-2-3-15(10-29)27-14/h1,4,6-8,14-16,27H,2-3,5,9-11,25H2,(H,28,30)/t14?,15?,16-/m1/s1. The van der Waals surface area contributed by atoms with Crippen molar-refractivity contribution in [2.75, 3.05) is 30.3 Å². The molecule has 2 unspecified atom stereocenters. The lowest BCUT2D eigenvalue weighted by Crippen LogP contribution is -2.51. The smallest absolute Gasteiger partial charge is 0.263 e. The molecule has 2 bridgehead atoms. The highest BCUT2D eigenvalue weighted by Crippen LogP contribution is 2.34. The highest BCUT2D eigenvalue weighted by molar-refractivity contribution is 7.21. The number of halogens is 1. The number of nitrogens with two attached hydrogens (primary N) is 1. The molecule has 2 saturated heterocycles. The lowest BCUT2D eigenvalue weighted by molar-refractivity contribution is 0.0920. The molecule has 2 fully saturated rings. The van der Waals surface area contributed by atoms with E-state index in [0.717, 1.165) is 30.6 Å². The number of amides is 1.